The second kappa shape index (κ2) is 4.45. The summed E-state index contributed by atoms with van der Waals surface area (Å²) in [4.78, 5) is 8.22. The maximum atomic E-state index is 5.42. The van der Waals surface area contributed by atoms with Crippen LogP contribution in [-0.4, -0.2) is 9.97 Å². The monoisotopic (exact) mass is 212 g/mol. The van der Waals surface area contributed by atoms with Crippen LogP contribution in [0.15, 0.2) is 23.2 Å². The summed E-state index contributed by atoms with van der Waals surface area (Å²) < 4.78 is 5.42. The van der Waals surface area contributed by atoms with Crippen molar-refractivity contribution in [1.29, 1.82) is 0 Å². The Morgan fingerprint density at radius 1 is 1.00 bits per heavy atom. The van der Waals surface area contributed by atoms with E-state index < -0.39 is 0 Å². The van der Waals surface area contributed by atoms with Crippen LogP contribution in [0.5, 0.6) is 0 Å². The Kier molecular flexibility index (Phi) is 3.02. The Labute approximate surface area is 84.1 Å². The molecule has 2 aromatic rings. The molecule has 0 saturated carbocycles. The lowest BCUT2D eigenvalue weighted by atomic mass is 10.7. The van der Waals surface area contributed by atoms with E-state index in [0.717, 1.165) is 10.0 Å². The molecule has 0 fully saturated rings. The summed E-state index contributed by atoms with van der Waals surface area (Å²) in [5.74, 6) is 0. The molecule has 0 atom stereocenters. The van der Waals surface area contributed by atoms with Crippen molar-refractivity contribution < 1.29 is 4.74 Å². The lowest BCUT2D eigenvalue weighted by Crippen LogP contribution is -1.92. The fourth-order valence-corrected chi connectivity index (χ4v) is 1.98. The van der Waals surface area contributed by atoms with Gasteiger partial charge in [-0.1, -0.05) is 0 Å². The predicted octanol–water partition coefficient (Wildman–Crippen LogP) is 2.32. The van der Waals surface area contributed by atoms with Crippen LogP contribution in [0, 0.1) is 0 Å². The largest absolute Gasteiger partial charge is 0.367 e. The van der Waals surface area contributed by atoms with Crippen molar-refractivity contribution in [2.75, 3.05) is 0 Å². The second-order valence-corrected chi connectivity index (χ2v) is 4.30. The first kappa shape index (κ1) is 8.80. The molecule has 2 aromatic heterocycles. The number of hydrogen-bond acceptors (Lipinski definition) is 5. The van der Waals surface area contributed by atoms with Gasteiger partial charge in [-0.3, -0.25) is 0 Å². The molecule has 0 aliphatic heterocycles. The number of thiazole rings is 2. The summed E-state index contributed by atoms with van der Waals surface area (Å²) in [5, 5.41) is 5.91. The van der Waals surface area contributed by atoms with Crippen molar-refractivity contribution in [2.24, 2.45) is 0 Å². The van der Waals surface area contributed by atoms with Gasteiger partial charge in [0.2, 0.25) is 0 Å². The minimum atomic E-state index is 0.581. The van der Waals surface area contributed by atoms with Gasteiger partial charge < -0.3 is 4.74 Å². The van der Waals surface area contributed by atoms with Crippen LogP contribution in [0.4, 0.5) is 0 Å². The highest BCUT2D eigenvalue weighted by Gasteiger charge is 1.97. The third kappa shape index (κ3) is 2.58. The van der Waals surface area contributed by atoms with Crippen LogP contribution in [0.1, 0.15) is 10.0 Å². The Hall–Kier alpha value is -0.780. The fraction of sp³-hybridized carbons (Fsp3) is 0.250. The van der Waals surface area contributed by atoms with Gasteiger partial charge in [0.05, 0.1) is 13.2 Å². The summed E-state index contributed by atoms with van der Waals surface area (Å²) in [6.45, 7) is 1.16. The minimum absolute atomic E-state index is 0.581. The lowest BCUT2D eigenvalue weighted by Gasteiger charge is -1.97. The summed E-state index contributed by atoms with van der Waals surface area (Å²) in [6.07, 6.45) is 3.57. The maximum absolute atomic E-state index is 5.42. The van der Waals surface area contributed by atoms with Gasteiger partial charge in [-0.25, -0.2) is 9.97 Å². The third-order valence-corrected chi connectivity index (χ3v) is 2.92. The summed E-state index contributed by atoms with van der Waals surface area (Å²) in [7, 11) is 0. The van der Waals surface area contributed by atoms with Crippen molar-refractivity contribution in [3.8, 4) is 0 Å². The molecule has 0 aromatic carbocycles. The van der Waals surface area contributed by atoms with E-state index in [1.54, 1.807) is 35.1 Å². The van der Waals surface area contributed by atoms with Crippen LogP contribution in [0.25, 0.3) is 0 Å². The van der Waals surface area contributed by atoms with E-state index in [1.807, 2.05) is 10.8 Å². The molecular formula is C8H8N2OS2. The van der Waals surface area contributed by atoms with Gasteiger partial charge in [0.1, 0.15) is 10.0 Å². The van der Waals surface area contributed by atoms with Crippen LogP contribution in [0.3, 0.4) is 0 Å². The smallest absolute Gasteiger partial charge is 0.118 e. The maximum Gasteiger partial charge on any atom is 0.118 e. The summed E-state index contributed by atoms with van der Waals surface area (Å²) in [6, 6.07) is 0. The number of aromatic nitrogens is 2. The SMILES string of the molecule is c1csc(COCc2nccs2)n1. The van der Waals surface area contributed by atoms with E-state index in [2.05, 4.69) is 9.97 Å². The summed E-state index contributed by atoms with van der Waals surface area (Å²) in [5.41, 5.74) is 0. The van der Waals surface area contributed by atoms with Crippen LogP contribution in [0.2, 0.25) is 0 Å². The molecule has 2 rings (SSSR count). The van der Waals surface area contributed by atoms with E-state index in [0.29, 0.717) is 13.2 Å². The zero-order valence-corrected chi connectivity index (χ0v) is 8.48. The molecule has 68 valence electrons. The minimum Gasteiger partial charge on any atom is -0.367 e. The van der Waals surface area contributed by atoms with Gasteiger partial charge in [-0.05, 0) is 0 Å². The van der Waals surface area contributed by atoms with Crippen molar-refractivity contribution in [3.05, 3.63) is 33.2 Å². The molecule has 0 bridgehead atoms. The van der Waals surface area contributed by atoms with Gasteiger partial charge in [0, 0.05) is 23.2 Å². The molecule has 0 aliphatic rings. The Balaban J connectivity index is 1.76. The van der Waals surface area contributed by atoms with E-state index >= 15 is 0 Å². The van der Waals surface area contributed by atoms with Gasteiger partial charge in [0.25, 0.3) is 0 Å². The predicted molar refractivity (Wildman–Crippen MR) is 52.7 cm³/mol. The highest BCUT2D eigenvalue weighted by atomic mass is 32.1. The quantitative estimate of drug-likeness (QED) is 0.780. The van der Waals surface area contributed by atoms with Gasteiger partial charge in [0.15, 0.2) is 0 Å². The van der Waals surface area contributed by atoms with E-state index in [4.69, 9.17) is 4.74 Å². The molecule has 0 aliphatic carbocycles. The first-order valence-electron chi connectivity index (χ1n) is 3.79. The van der Waals surface area contributed by atoms with Crippen LogP contribution >= 0.6 is 22.7 Å². The zero-order valence-electron chi connectivity index (χ0n) is 6.84. The third-order valence-electron chi connectivity index (χ3n) is 1.42. The Bertz CT molecular complexity index is 297. The van der Waals surface area contributed by atoms with Crippen LogP contribution in [-0.2, 0) is 18.0 Å². The van der Waals surface area contributed by atoms with Gasteiger partial charge in [-0.15, -0.1) is 22.7 Å². The van der Waals surface area contributed by atoms with Crippen molar-refractivity contribution in [2.45, 2.75) is 13.2 Å². The number of ether oxygens (including phenoxy) is 1. The standard InChI is InChI=1S/C8H8N2OS2/c1-3-12-7(9-1)5-11-6-8-10-2-4-13-8/h1-4H,5-6H2. The number of hydrogen-bond donors (Lipinski definition) is 0. The van der Waals surface area contributed by atoms with Gasteiger partial charge >= 0.3 is 0 Å². The van der Waals surface area contributed by atoms with Crippen LogP contribution < -0.4 is 0 Å². The molecule has 5 heteroatoms. The van der Waals surface area contributed by atoms with E-state index in [-0.39, 0.29) is 0 Å². The molecule has 0 N–H and O–H groups in total. The molecule has 0 spiro atoms. The molecule has 13 heavy (non-hydrogen) atoms. The molecule has 0 radical (unpaired) electrons. The Morgan fingerprint density at radius 2 is 1.54 bits per heavy atom. The molecule has 0 unspecified atom stereocenters. The zero-order chi connectivity index (χ0) is 8.93. The number of rotatable bonds is 4. The van der Waals surface area contributed by atoms with Crippen molar-refractivity contribution in [1.82, 2.24) is 9.97 Å². The van der Waals surface area contributed by atoms with Crippen molar-refractivity contribution in [3.63, 3.8) is 0 Å². The molecule has 0 amide bonds. The van der Waals surface area contributed by atoms with Crippen molar-refractivity contribution >= 4 is 22.7 Å². The molecule has 3 nitrogen and oxygen atoms in total. The average molecular weight is 212 g/mol. The summed E-state index contributed by atoms with van der Waals surface area (Å²) >= 11 is 3.21. The van der Waals surface area contributed by atoms with E-state index in [9.17, 15) is 0 Å². The molecular weight excluding hydrogens is 204 g/mol. The van der Waals surface area contributed by atoms with Gasteiger partial charge in [-0.2, -0.15) is 0 Å². The average Bonchev–Trinajstić information content (AvgIpc) is 2.75. The highest BCUT2D eigenvalue weighted by Crippen LogP contribution is 2.09. The number of nitrogens with zero attached hydrogens (tertiary/aromatic N) is 2. The first-order chi connectivity index (χ1) is 6.45. The first-order valence-corrected chi connectivity index (χ1v) is 5.55. The normalized spacial score (nSPS) is 10.5. The fourth-order valence-electron chi connectivity index (χ4n) is 0.874. The second-order valence-electron chi connectivity index (χ2n) is 2.34. The lowest BCUT2D eigenvalue weighted by molar-refractivity contribution is 0.107. The Morgan fingerprint density at radius 3 is 1.92 bits per heavy atom. The molecule has 0 saturated heterocycles. The highest BCUT2D eigenvalue weighted by molar-refractivity contribution is 7.09. The van der Waals surface area contributed by atoms with E-state index in [1.165, 1.54) is 0 Å². The molecule has 2 heterocycles. The topological polar surface area (TPSA) is 35.0 Å².